The van der Waals surface area contributed by atoms with E-state index in [0.29, 0.717) is 19.3 Å². The van der Waals surface area contributed by atoms with Gasteiger partial charge in [-0.05, 0) is 19.3 Å². The number of nitriles is 1. The van der Waals surface area contributed by atoms with E-state index in [9.17, 15) is 9.18 Å². The minimum absolute atomic E-state index is 0.0456. The van der Waals surface area contributed by atoms with E-state index in [1.165, 1.54) is 0 Å². The first-order valence-corrected chi connectivity index (χ1v) is 3.70. The highest BCUT2D eigenvalue weighted by molar-refractivity contribution is 5.90. The molecule has 0 aromatic heterocycles. The molecule has 3 aliphatic rings. The van der Waals surface area contributed by atoms with Gasteiger partial charge in [0.25, 0.3) is 0 Å². The molecule has 0 aliphatic heterocycles. The molecule has 11 heavy (non-hydrogen) atoms. The van der Waals surface area contributed by atoms with Gasteiger partial charge in [0, 0.05) is 5.41 Å². The van der Waals surface area contributed by atoms with Crippen molar-refractivity contribution in [1.29, 1.82) is 5.26 Å². The van der Waals surface area contributed by atoms with E-state index in [2.05, 4.69) is 0 Å². The maximum Gasteiger partial charge on any atom is 0.153 e. The molecule has 0 atom stereocenters. The largest absolute Gasteiger partial charge is 0.298 e. The molecule has 2 nitrogen and oxygen atoms in total. The fourth-order valence-corrected chi connectivity index (χ4v) is 2.22. The van der Waals surface area contributed by atoms with E-state index in [4.69, 9.17) is 5.26 Å². The van der Waals surface area contributed by atoms with Gasteiger partial charge in [-0.2, -0.15) is 5.26 Å². The molecule has 0 N–H and O–H groups in total. The molecular weight excluding hydrogens is 145 g/mol. The van der Waals surface area contributed by atoms with Crippen molar-refractivity contribution in [3.8, 4) is 6.07 Å². The molecule has 0 heterocycles. The van der Waals surface area contributed by atoms with Crippen LogP contribution in [-0.2, 0) is 4.79 Å². The monoisotopic (exact) mass is 153 g/mol. The maximum absolute atomic E-state index is 12.9. The summed E-state index contributed by atoms with van der Waals surface area (Å²) in [5.41, 5.74) is -1.42. The van der Waals surface area contributed by atoms with Crippen molar-refractivity contribution in [2.75, 3.05) is 0 Å². The smallest absolute Gasteiger partial charge is 0.153 e. The summed E-state index contributed by atoms with van der Waals surface area (Å²) in [7, 11) is 0. The zero-order valence-electron chi connectivity index (χ0n) is 6.06. The molecule has 2 bridgehead atoms. The van der Waals surface area contributed by atoms with Crippen LogP contribution < -0.4 is 0 Å². The molecule has 0 amide bonds. The summed E-state index contributed by atoms with van der Waals surface area (Å²) in [6.07, 6.45) is 1.08. The molecular formula is C8H8FNO. The molecule has 3 heteroatoms. The van der Waals surface area contributed by atoms with Crippen molar-refractivity contribution in [1.82, 2.24) is 0 Å². The summed E-state index contributed by atoms with van der Waals surface area (Å²) in [4.78, 5) is 11.1. The lowest BCUT2D eigenvalue weighted by atomic mass is 9.40. The average Bonchev–Trinajstić information content (AvgIpc) is 1.79. The quantitative estimate of drug-likeness (QED) is 0.601. The Morgan fingerprint density at radius 3 is 2.45 bits per heavy atom. The molecule has 0 unspecified atom stereocenters. The van der Waals surface area contributed by atoms with Crippen LogP contribution in [0.3, 0.4) is 0 Å². The number of hydrogen-bond donors (Lipinski definition) is 0. The predicted molar refractivity (Wildman–Crippen MR) is 35.4 cm³/mol. The number of ketones is 1. The number of rotatable bonds is 2. The van der Waals surface area contributed by atoms with Gasteiger partial charge in [-0.25, -0.2) is 4.39 Å². The van der Waals surface area contributed by atoms with Crippen molar-refractivity contribution in [3.63, 3.8) is 0 Å². The Bertz CT molecular complexity index is 246. The SMILES string of the molecule is N#CCC(=O)C12CC(F)(C1)C2. The topological polar surface area (TPSA) is 40.9 Å². The minimum atomic E-state index is -1.02. The summed E-state index contributed by atoms with van der Waals surface area (Å²) >= 11 is 0. The number of Topliss-reactive ketones (excluding diaryl/α,β-unsaturated/α-hetero) is 1. The standard InChI is InChI=1S/C8H8FNO/c9-8-3-7(4-8,5-8)6(11)1-2-10/h1,3-5H2. The lowest BCUT2D eigenvalue weighted by molar-refractivity contribution is -0.211. The Morgan fingerprint density at radius 1 is 1.55 bits per heavy atom. The highest BCUT2D eigenvalue weighted by Crippen LogP contribution is 2.70. The van der Waals surface area contributed by atoms with Crippen molar-refractivity contribution in [2.24, 2.45) is 5.41 Å². The summed E-state index contributed by atoms with van der Waals surface area (Å²) in [6, 6.07) is 1.81. The Balaban J connectivity index is 2.00. The van der Waals surface area contributed by atoms with Crippen LogP contribution in [0, 0.1) is 16.7 Å². The third-order valence-corrected chi connectivity index (χ3v) is 2.80. The highest BCUT2D eigenvalue weighted by Gasteiger charge is 2.72. The molecule has 0 spiro atoms. The molecule has 3 saturated carbocycles. The van der Waals surface area contributed by atoms with Crippen molar-refractivity contribution in [2.45, 2.75) is 31.4 Å². The van der Waals surface area contributed by atoms with Crippen molar-refractivity contribution in [3.05, 3.63) is 0 Å². The average molecular weight is 153 g/mol. The number of hydrogen-bond acceptors (Lipinski definition) is 2. The summed E-state index contributed by atoms with van der Waals surface area (Å²) in [5.74, 6) is -0.0560. The second-order valence-electron chi connectivity index (χ2n) is 3.72. The van der Waals surface area contributed by atoms with Gasteiger partial charge in [0.05, 0.1) is 12.5 Å². The van der Waals surface area contributed by atoms with Gasteiger partial charge in [0.1, 0.15) is 5.67 Å². The first kappa shape index (κ1) is 6.78. The number of alkyl halides is 1. The van der Waals surface area contributed by atoms with Crippen LogP contribution in [0.1, 0.15) is 25.7 Å². The third kappa shape index (κ3) is 0.671. The zero-order chi connectivity index (χ0) is 8.11. The first-order chi connectivity index (χ1) is 5.10. The maximum atomic E-state index is 12.9. The van der Waals surface area contributed by atoms with Gasteiger partial charge in [0.15, 0.2) is 5.78 Å². The minimum Gasteiger partial charge on any atom is -0.298 e. The summed E-state index contributed by atoms with van der Waals surface area (Å²) in [5, 5.41) is 8.24. The van der Waals surface area contributed by atoms with Gasteiger partial charge >= 0.3 is 0 Å². The Labute approximate surface area is 64.0 Å². The van der Waals surface area contributed by atoms with E-state index in [1.54, 1.807) is 6.07 Å². The Hall–Kier alpha value is -0.910. The zero-order valence-corrected chi connectivity index (χ0v) is 6.06. The van der Waals surface area contributed by atoms with Crippen LogP contribution in [0.4, 0.5) is 4.39 Å². The molecule has 0 aromatic carbocycles. The molecule has 0 radical (unpaired) electrons. The van der Waals surface area contributed by atoms with Crippen LogP contribution in [0.5, 0.6) is 0 Å². The van der Waals surface area contributed by atoms with E-state index in [0.717, 1.165) is 0 Å². The van der Waals surface area contributed by atoms with Gasteiger partial charge in [-0.1, -0.05) is 0 Å². The fourth-order valence-electron chi connectivity index (χ4n) is 2.22. The van der Waals surface area contributed by atoms with Gasteiger partial charge in [-0.3, -0.25) is 4.79 Å². The van der Waals surface area contributed by atoms with Crippen molar-refractivity contribution >= 4 is 5.78 Å². The fraction of sp³-hybridized carbons (Fsp3) is 0.750. The highest BCUT2D eigenvalue weighted by atomic mass is 19.1. The molecule has 3 rings (SSSR count). The molecule has 0 saturated heterocycles. The van der Waals surface area contributed by atoms with Crippen LogP contribution in [-0.4, -0.2) is 11.5 Å². The number of halogens is 1. The predicted octanol–water partition coefficient (Wildman–Crippen LogP) is 1.36. The Morgan fingerprint density at radius 2 is 2.09 bits per heavy atom. The third-order valence-electron chi connectivity index (χ3n) is 2.80. The van der Waals surface area contributed by atoms with Crippen LogP contribution in [0.25, 0.3) is 0 Å². The lowest BCUT2D eigenvalue weighted by Crippen LogP contribution is -2.67. The van der Waals surface area contributed by atoms with Gasteiger partial charge in [0.2, 0.25) is 0 Å². The molecule has 58 valence electrons. The van der Waals surface area contributed by atoms with E-state index in [1.807, 2.05) is 0 Å². The number of carbonyl (C=O) groups excluding carboxylic acids is 1. The molecule has 3 fully saturated rings. The normalized spacial score (nSPS) is 45.1. The van der Waals surface area contributed by atoms with Crippen LogP contribution in [0.2, 0.25) is 0 Å². The second kappa shape index (κ2) is 1.63. The number of carbonyl (C=O) groups is 1. The summed E-state index contributed by atoms with van der Waals surface area (Å²) < 4.78 is 12.9. The van der Waals surface area contributed by atoms with Crippen molar-refractivity contribution < 1.29 is 9.18 Å². The lowest BCUT2D eigenvalue weighted by Gasteiger charge is -2.64. The number of nitrogens with zero attached hydrogens (tertiary/aromatic N) is 1. The molecule has 3 aliphatic carbocycles. The Kier molecular flexibility index (Phi) is 1.01. The van der Waals surface area contributed by atoms with E-state index >= 15 is 0 Å². The van der Waals surface area contributed by atoms with Gasteiger partial charge < -0.3 is 0 Å². The second-order valence-corrected chi connectivity index (χ2v) is 3.72. The van der Waals surface area contributed by atoms with E-state index in [-0.39, 0.29) is 12.2 Å². The van der Waals surface area contributed by atoms with Crippen LogP contribution >= 0.6 is 0 Å². The molecule has 0 aromatic rings. The van der Waals surface area contributed by atoms with E-state index < -0.39 is 11.1 Å². The first-order valence-electron chi connectivity index (χ1n) is 3.70. The summed E-state index contributed by atoms with van der Waals surface area (Å²) in [6.45, 7) is 0. The van der Waals surface area contributed by atoms with Gasteiger partial charge in [-0.15, -0.1) is 0 Å². The van der Waals surface area contributed by atoms with Crippen LogP contribution in [0.15, 0.2) is 0 Å².